The Hall–Kier alpha value is -3.85. The predicted molar refractivity (Wildman–Crippen MR) is 121 cm³/mol. The standard InChI is InChI=1S/C24H25N5O4/c1-15(2)9-18(12-30)27-22(31)17-5-8-20-21(10-17)24(33)29(23(20)32)19-6-3-16(4-7-19)11-28-14-25-13-26-28/h3-8,10,13-15,18,30H,9,11-12H2,1-2H3,(H,27,31)/t18-/m0/s1. The molecule has 0 radical (unpaired) electrons. The summed E-state index contributed by atoms with van der Waals surface area (Å²) in [6, 6.07) is 11.1. The Morgan fingerprint density at radius 2 is 1.79 bits per heavy atom. The molecule has 9 heteroatoms. The minimum Gasteiger partial charge on any atom is -0.394 e. The summed E-state index contributed by atoms with van der Waals surface area (Å²) in [7, 11) is 0. The lowest BCUT2D eigenvalue weighted by molar-refractivity contribution is 0.0905. The summed E-state index contributed by atoms with van der Waals surface area (Å²) in [5.41, 5.74) is 2.10. The van der Waals surface area contributed by atoms with Gasteiger partial charge in [0.1, 0.15) is 12.7 Å². The lowest BCUT2D eigenvalue weighted by Gasteiger charge is -2.18. The minimum absolute atomic E-state index is 0.174. The smallest absolute Gasteiger partial charge is 0.266 e. The molecule has 4 rings (SSSR count). The van der Waals surface area contributed by atoms with E-state index in [0.29, 0.717) is 24.6 Å². The van der Waals surface area contributed by atoms with E-state index < -0.39 is 17.7 Å². The number of imide groups is 1. The van der Waals surface area contributed by atoms with Gasteiger partial charge in [-0.25, -0.2) is 14.6 Å². The number of hydrogen-bond acceptors (Lipinski definition) is 6. The molecule has 0 unspecified atom stereocenters. The fourth-order valence-electron chi connectivity index (χ4n) is 3.89. The SMILES string of the molecule is CC(C)C[C@@H](CO)NC(=O)c1ccc2c(c1)C(=O)N(c1ccc(Cn3cncn3)cc1)C2=O. The summed E-state index contributed by atoms with van der Waals surface area (Å²) >= 11 is 0. The molecule has 0 saturated heterocycles. The van der Waals surface area contributed by atoms with Crippen LogP contribution in [0, 0.1) is 5.92 Å². The lowest BCUT2D eigenvalue weighted by atomic mass is 10.0. The zero-order valence-corrected chi connectivity index (χ0v) is 18.4. The first kappa shape index (κ1) is 22.3. The molecule has 9 nitrogen and oxygen atoms in total. The first-order chi connectivity index (χ1) is 15.9. The summed E-state index contributed by atoms with van der Waals surface area (Å²) in [6.45, 7) is 4.36. The molecule has 3 amide bonds. The molecule has 1 aliphatic rings. The maximum atomic E-state index is 13.1. The Balaban J connectivity index is 1.52. The summed E-state index contributed by atoms with van der Waals surface area (Å²) < 4.78 is 1.67. The predicted octanol–water partition coefficient (Wildman–Crippen LogP) is 2.26. The fourth-order valence-corrected chi connectivity index (χ4v) is 3.89. The van der Waals surface area contributed by atoms with E-state index in [1.165, 1.54) is 24.5 Å². The maximum Gasteiger partial charge on any atom is 0.266 e. The third-order valence-corrected chi connectivity index (χ3v) is 5.47. The number of aliphatic hydroxyl groups is 1. The molecule has 170 valence electrons. The highest BCUT2D eigenvalue weighted by atomic mass is 16.3. The summed E-state index contributed by atoms with van der Waals surface area (Å²) in [4.78, 5) is 43.7. The number of amides is 3. The van der Waals surface area contributed by atoms with Gasteiger partial charge in [-0.2, -0.15) is 5.10 Å². The highest BCUT2D eigenvalue weighted by Crippen LogP contribution is 2.29. The van der Waals surface area contributed by atoms with Crippen molar-refractivity contribution >= 4 is 23.4 Å². The van der Waals surface area contributed by atoms with E-state index in [1.807, 2.05) is 26.0 Å². The Morgan fingerprint density at radius 1 is 1.06 bits per heavy atom. The molecule has 1 aliphatic heterocycles. The maximum absolute atomic E-state index is 13.1. The van der Waals surface area contributed by atoms with Crippen LogP contribution in [0.5, 0.6) is 0 Å². The van der Waals surface area contributed by atoms with E-state index in [0.717, 1.165) is 10.5 Å². The number of nitrogens with zero attached hydrogens (tertiary/aromatic N) is 4. The van der Waals surface area contributed by atoms with Crippen LogP contribution in [0.3, 0.4) is 0 Å². The van der Waals surface area contributed by atoms with E-state index in [9.17, 15) is 19.5 Å². The molecule has 2 aromatic carbocycles. The van der Waals surface area contributed by atoms with Crippen LogP contribution in [0.25, 0.3) is 0 Å². The fraction of sp³-hybridized carbons (Fsp3) is 0.292. The van der Waals surface area contributed by atoms with Gasteiger partial charge in [-0.15, -0.1) is 0 Å². The third kappa shape index (κ3) is 4.68. The molecule has 2 N–H and O–H groups in total. The molecular formula is C24H25N5O4. The number of fused-ring (bicyclic) bond motifs is 1. The molecule has 2 heterocycles. The number of rotatable bonds is 8. The average Bonchev–Trinajstić information content (AvgIpc) is 3.40. The van der Waals surface area contributed by atoms with Gasteiger partial charge < -0.3 is 10.4 Å². The monoisotopic (exact) mass is 447 g/mol. The van der Waals surface area contributed by atoms with E-state index in [4.69, 9.17) is 0 Å². The van der Waals surface area contributed by atoms with Gasteiger partial charge >= 0.3 is 0 Å². The van der Waals surface area contributed by atoms with Crippen LogP contribution >= 0.6 is 0 Å². The van der Waals surface area contributed by atoms with E-state index >= 15 is 0 Å². The van der Waals surface area contributed by atoms with Crippen LogP contribution in [0.2, 0.25) is 0 Å². The van der Waals surface area contributed by atoms with E-state index in [1.54, 1.807) is 23.1 Å². The van der Waals surface area contributed by atoms with Crippen LogP contribution in [-0.4, -0.2) is 50.2 Å². The Bertz CT molecular complexity index is 1170. The highest BCUT2D eigenvalue weighted by molar-refractivity contribution is 6.34. The van der Waals surface area contributed by atoms with Gasteiger partial charge in [0.05, 0.1) is 36.0 Å². The highest BCUT2D eigenvalue weighted by Gasteiger charge is 2.37. The van der Waals surface area contributed by atoms with Crippen molar-refractivity contribution < 1.29 is 19.5 Å². The zero-order valence-electron chi connectivity index (χ0n) is 18.4. The van der Waals surface area contributed by atoms with Crippen molar-refractivity contribution in [2.75, 3.05) is 11.5 Å². The molecule has 0 saturated carbocycles. The number of nitrogens with one attached hydrogen (secondary N) is 1. The van der Waals surface area contributed by atoms with Crippen molar-refractivity contribution in [2.45, 2.75) is 32.9 Å². The minimum atomic E-state index is -0.477. The van der Waals surface area contributed by atoms with Crippen LogP contribution in [-0.2, 0) is 6.54 Å². The molecule has 1 aromatic heterocycles. The molecule has 3 aromatic rings. The molecule has 33 heavy (non-hydrogen) atoms. The van der Waals surface area contributed by atoms with Crippen LogP contribution in [0.4, 0.5) is 5.69 Å². The number of aliphatic hydroxyl groups excluding tert-OH is 1. The number of carbonyl (C=O) groups is 3. The normalized spacial score (nSPS) is 14.0. The molecule has 0 spiro atoms. The van der Waals surface area contributed by atoms with Crippen molar-refractivity contribution in [2.24, 2.45) is 5.92 Å². The van der Waals surface area contributed by atoms with Crippen LogP contribution < -0.4 is 10.2 Å². The topological polar surface area (TPSA) is 117 Å². The number of aromatic nitrogens is 3. The first-order valence-electron chi connectivity index (χ1n) is 10.7. The van der Waals surface area contributed by atoms with Crippen molar-refractivity contribution in [3.05, 3.63) is 77.4 Å². The first-order valence-corrected chi connectivity index (χ1v) is 10.7. The van der Waals surface area contributed by atoms with Gasteiger partial charge in [0, 0.05) is 5.56 Å². The van der Waals surface area contributed by atoms with Gasteiger partial charge in [0.15, 0.2) is 0 Å². The second-order valence-corrected chi connectivity index (χ2v) is 8.45. The zero-order chi connectivity index (χ0) is 23.5. The second kappa shape index (κ2) is 9.33. The summed E-state index contributed by atoms with van der Waals surface area (Å²) in [5.74, 6) is -1.000. The van der Waals surface area contributed by atoms with Crippen molar-refractivity contribution in [1.29, 1.82) is 0 Å². The molecule has 0 aliphatic carbocycles. The summed E-state index contributed by atoms with van der Waals surface area (Å²) in [5, 5.41) is 16.4. The Kier molecular flexibility index (Phi) is 6.32. The van der Waals surface area contributed by atoms with E-state index in [2.05, 4.69) is 15.4 Å². The molecule has 0 bridgehead atoms. The quantitative estimate of drug-likeness (QED) is 0.512. The van der Waals surface area contributed by atoms with Gasteiger partial charge in [0.2, 0.25) is 0 Å². The third-order valence-electron chi connectivity index (χ3n) is 5.47. The second-order valence-electron chi connectivity index (χ2n) is 8.45. The van der Waals surface area contributed by atoms with E-state index in [-0.39, 0.29) is 29.3 Å². The lowest BCUT2D eigenvalue weighted by Crippen LogP contribution is -2.38. The largest absolute Gasteiger partial charge is 0.394 e. The van der Waals surface area contributed by atoms with Gasteiger partial charge in [-0.1, -0.05) is 26.0 Å². The van der Waals surface area contributed by atoms with Crippen molar-refractivity contribution in [3.8, 4) is 0 Å². The van der Waals surface area contributed by atoms with Gasteiger partial charge in [0.25, 0.3) is 17.7 Å². The van der Waals surface area contributed by atoms with Crippen molar-refractivity contribution in [3.63, 3.8) is 0 Å². The molecular weight excluding hydrogens is 422 g/mol. The van der Waals surface area contributed by atoms with Crippen LogP contribution in [0.15, 0.2) is 55.1 Å². The Labute approximate surface area is 191 Å². The van der Waals surface area contributed by atoms with Gasteiger partial charge in [-0.3, -0.25) is 14.4 Å². The molecule has 1 atom stereocenters. The van der Waals surface area contributed by atoms with Crippen LogP contribution in [0.1, 0.15) is 56.9 Å². The average molecular weight is 447 g/mol. The number of carbonyl (C=O) groups excluding carboxylic acids is 3. The number of benzene rings is 2. The number of hydrogen-bond donors (Lipinski definition) is 2. The summed E-state index contributed by atoms with van der Waals surface area (Å²) in [6.07, 6.45) is 3.69. The van der Waals surface area contributed by atoms with Crippen molar-refractivity contribution in [1.82, 2.24) is 20.1 Å². The molecule has 0 fully saturated rings. The number of anilines is 1. The van der Waals surface area contributed by atoms with Gasteiger partial charge in [-0.05, 0) is 48.2 Å². The Morgan fingerprint density at radius 3 is 2.42 bits per heavy atom.